The second-order valence-corrected chi connectivity index (χ2v) is 5.64. The highest BCUT2D eigenvalue weighted by Crippen LogP contribution is 2.18. The molecule has 1 aromatic carbocycles. The van der Waals surface area contributed by atoms with Crippen molar-refractivity contribution in [2.24, 2.45) is 0 Å². The third-order valence-electron chi connectivity index (χ3n) is 3.58. The molecule has 0 bridgehead atoms. The van der Waals surface area contributed by atoms with Crippen molar-refractivity contribution in [2.75, 3.05) is 0 Å². The molecule has 0 spiro atoms. The van der Waals surface area contributed by atoms with Crippen LogP contribution in [0.15, 0.2) is 24.4 Å². The first-order valence-electron chi connectivity index (χ1n) is 7.03. The standard InChI is InChI=1S/C17H20N2O2/c1-10(2)16-14(17(20)21)9-18-15(19-16)8-13-6-5-11(3)12(4)7-13/h5-7,9-10H,8H2,1-4H3,(H,20,21). The fraction of sp³-hybridized carbons (Fsp3) is 0.353. The van der Waals surface area contributed by atoms with Crippen molar-refractivity contribution < 1.29 is 9.90 Å². The summed E-state index contributed by atoms with van der Waals surface area (Å²) in [5.41, 5.74) is 4.41. The van der Waals surface area contributed by atoms with E-state index in [-0.39, 0.29) is 11.5 Å². The maximum atomic E-state index is 11.2. The lowest BCUT2D eigenvalue weighted by Crippen LogP contribution is -2.10. The maximum absolute atomic E-state index is 11.2. The Morgan fingerprint density at radius 3 is 2.52 bits per heavy atom. The Morgan fingerprint density at radius 1 is 1.24 bits per heavy atom. The summed E-state index contributed by atoms with van der Waals surface area (Å²) in [7, 11) is 0. The molecular formula is C17H20N2O2. The van der Waals surface area contributed by atoms with E-state index in [1.165, 1.54) is 17.3 Å². The topological polar surface area (TPSA) is 63.1 Å². The van der Waals surface area contributed by atoms with Crippen LogP contribution in [-0.4, -0.2) is 21.0 Å². The highest BCUT2D eigenvalue weighted by Gasteiger charge is 2.16. The smallest absolute Gasteiger partial charge is 0.339 e. The number of rotatable bonds is 4. The summed E-state index contributed by atoms with van der Waals surface area (Å²) in [6.45, 7) is 8.03. The van der Waals surface area contributed by atoms with Crippen LogP contribution in [0.2, 0.25) is 0 Å². The molecule has 0 unspecified atom stereocenters. The van der Waals surface area contributed by atoms with E-state index in [0.717, 1.165) is 5.56 Å². The van der Waals surface area contributed by atoms with Gasteiger partial charge in [-0.05, 0) is 36.5 Å². The molecule has 1 heterocycles. The lowest BCUT2D eigenvalue weighted by molar-refractivity contribution is 0.0694. The molecule has 4 nitrogen and oxygen atoms in total. The van der Waals surface area contributed by atoms with Crippen molar-refractivity contribution in [3.05, 3.63) is 58.2 Å². The van der Waals surface area contributed by atoms with Gasteiger partial charge in [-0.25, -0.2) is 14.8 Å². The minimum absolute atomic E-state index is 0.0533. The minimum Gasteiger partial charge on any atom is -0.478 e. The predicted octanol–water partition coefficient (Wildman–Crippen LogP) is 3.51. The van der Waals surface area contributed by atoms with E-state index in [0.29, 0.717) is 17.9 Å². The molecule has 0 aliphatic heterocycles. The predicted molar refractivity (Wildman–Crippen MR) is 81.8 cm³/mol. The quantitative estimate of drug-likeness (QED) is 0.933. The molecule has 4 heteroatoms. The van der Waals surface area contributed by atoms with Crippen LogP contribution in [0, 0.1) is 13.8 Å². The lowest BCUT2D eigenvalue weighted by atomic mass is 10.0. The number of aryl methyl sites for hydroxylation is 2. The molecule has 0 aliphatic rings. The van der Waals surface area contributed by atoms with Gasteiger partial charge in [0.15, 0.2) is 0 Å². The fourth-order valence-electron chi connectivity index (χ4n) is 2.22. The molecule has 110 valence electrons. The third kappa shape index (κ3) is 3.45. The monoisotopic (exact) mass is 284 g/mol. The minimum atomic E-state index is -0.976. The van der Waals surface area contributed by atoms with E-state index in [4.69, 9.17) is 0 Å². The second-order valence-electron chi connectivity index (χ2n) is 5.64. The van der Waals surface area contributed by atoms with Gasteiger partial charge in [0, 0.05) is 12.6 Å². The Hall–Kier alpha value is -2.23. The van der Waals surface area contributed by atoms with Gasteiger partial charge < -0.3 is 5.11 Å². The molecule has 0 atom stereocenters. The van der Waals surface area contributed by atoms with Crippen molar-refractivity contribution in [3.63, 3.8) is 0 Å². The first-order valence-corrected chi connectivity index (χ1v) is 7.03. The number of aromatic carboxylic acids is 1. The molecule has 0 aliphatic carbocycles. The molecule has 0 amide bonds. The number of benzene rings is 1. The summed E-state index contributed by atoms with van der Waals surface area (Å²) in [6.07, 6.45) is 2.03. The lowest BCUT2D eigenvalue weighted by Gasteiger charge is -2.11. The summed E-state index contributed by atoms with van der Waals surface area (Å²) in [4.78, 5) is 19.8. The Morgan fingerprint density at radius 2 is 1.95 bits per heavy atom. The Bertz CT molecular complexity index is 678. The highest BCUT2D eigenvalue weighted by molar-refractivity contribution is 5.88. The van der Waals surface area contributed by atoms with Crippen molar-refractivity contribution in [2.45, 2.75) is 40.0 Å². The van der Waals surface area contributed by atoms with Gasteiger partial charge >= 0.3 is 5.97 Å². The van der Waals surface area contributed by atoms with E-state index < -0.39 is 5.97 Å². The van der Waals surface area contributed by atoms with Crippen LogP contribution >= 0.6 is 0 Å². The van der Waals surface area contributed by atoms with Crippen LogP contribution in [0.1, 0.15) is 58.3 Å². The fourth-order valence-corrected chi connectivity index (χ4v) is 2.22. The SMILES string of the molecule is Cc1ccc(Cc2ncc(C(=O)O)c(C(C)C)n2)cc1C. The van der Waals surface area contributed by atoms with Gasteiger partial charge in [0.25, 0.3) is 0 Å². The summed E-state index contributed by atoms with van der Waals surface area (Å²) in [5, 5.41) is 9.18. The van der Waals surface area contributed by atoms with Gasteiger partial charge in [0.2, 0.25) is 0 Å². The van der Waals surface area contributed by atoms with Crippen molar-refractivity contribution in [1.82, 2.24) is 9.97 Å². The summed E-state index contributed by atoms with van der Waals surface area (Å²) >= 11 is 0. The highest BCUT2D eigenvalue weighted by atomic mass is 16.4. The van der Waals surface area contributed by atoms with E-state index in [2.05, 4.69) is 42.0 Å². The molecule has 21 heavy (non-hydrogen) atoms. The van der Waals surface area contributed by atoms with E-state index in [1.807, 2.05) is 13.8 Å². The molecule has 1 aromatic heterocycles. The van der Waals surface area contributed by atoms with Crippen molar-refractivity contribution in [1.29, 1.82) is 0 Å². The molecular weight excluding hydrogens is 264 g/mol. The second kappa shape index (κ2) is 6.04. The molecule has 2 aromatic rings. The van der Waals surface area contributed by atoms with E-state index in [1.54, 1.807) is 0 Å². The van der Waals surface area contributed by atoms with Gasteiger partial charge in [0.05, 0.1) is 11.3 Å². The molecule has 0 saturated heterocycles. The van der Waals surface area contributed by atoms with E-state index >= 15 is 0 Å². The van der Waals surface area contributed by atoms with Crippen molar-refractivity contribution >= 4 is 5.97 Å². The zero-order chi connectivity index (χ0) is 15.6. The molecule has 0 saturated carbocycles. The van der Waals surface area contributed by atoms with Gasteiger partial charge in [-0.2, -0.15) is 0 Å². The van der Waals surface area contributed by atoms with Crippen LogP contribution in [-0.2, 0) is 6.42 Å². The van der Waals surface area contributed by atoms with Gasteiger partial charge in [0.1, 0.15) is 5.82 Å². The van der Waals surface area contributed by atoms with Crippen LogP contribution in [0.25, 0.3) is 0 Å². The number of carboxylic acids is 1. The van der Waals surface area contributed by atoms with Crippen molar-refractivity contribution in [3.8, 4) is 0 Å². The third-order valence-corrected chi connectivity index (χ3v) is 3.58. The summed E-state index contributed by atoms with van der Waals surface area (Å²) < 4.78 is 0. The Kier molecular flexibility index (Phi) is 4.36. The summed E-state index contributed by atoms with van der Waals surface area (Å²) in [6, 6.07) is 6.27. The van der Waals surface area contributed by atoms with Gasteiger partial charge in [-0.15, -0.1) is 0 Å². The van der Waals surface area contributed by atoms with E-state index in [9.17, 15) is 9.90 Å². The average molecular weight is 284 g/mol. The van der Waals surface area contributed by atoms with Gasteiger partial charge in [-0.3, -0.25) is 0 Å². The average Bonchev–Trinajstić information content (AvgIpc) is 2.42. The van der Waals surface area contributed by atoms with Crippen LogP contribution in [0.5, 0.6) is 0 Å². The normalized spacial score (nSPS) is 10.9. The van der Waals surface area contributed by atoms with Gasteiger partial charge in [-0.1, -0.05) is 32.0 Å². The Labute approximate surface area is 124 Å². The first-order chi connectivity index (χ1) is 9.88. The largest absolute Gasteiger partial charge is 0.478 e. The molecule has 0 radical (unpaired) electrons. The Balaban J connectivity index is 2.34. The van der Waals surface area contributed by atoms with Crippen LogP contribution < -0.4 is 0 Å². The number of hydrogen-bond donors (Lipinski definition) is 1. The number of carbonyl (C=O) groups is 1. The zero-order valence-electron chi connectivity index (χ0n) is 12.8. The summed E-state index contributed by atoms with van der Waals surface area (Å²) in [5.74, 6) is -0.263. The zero-order valence-corrected chi connectivity index (χ0v) is 12.8. The number of carboxylic acid groups (broad SMARTS) is 1. The number of hydrogen-bond acceptors (Lipinski definition) is 3. The molecule has 2 rings (SSSR count). The van der Waals surface area contributed by atoms with Crippen LogP contribution in [0.4, 0.5) is 0 Å². The molecule has 0 fully saturated rings. The first kappa shape index (κ1) is 15.2. The molecule has 1 N–H and O–H groups in total. The maximum Gasteiger partial charge on any atom is 0.339 e. The number of nitrogens with zero attached hydrogens (tertiary/aromatic N) is 2. The van der Waals surface area contributed by atoms with Crippen LogP contribution in [0.3, 0.4) is 0 Å². The number of aromatic nitrogens is 2.